The van der Waals surface area contributed by atoms with E-state index in [-0.39, 0.29) is 6.04 Å². The van der Waals surface area contributed by atoms with Crippen molar-refractivity contribution in [2.45, 2.75) is 32.2 Å². The monoisotopic (exact) mass is 839 g/mol. The molecule has 12 rings (SSSR count). The molecule has 3 heterocycles. The van der Waals surface area contributed by atoms with Crippen LogP contribution in [0.2, 0.25) is 0 Å². The summed E-state index contributed by atoms with van der Waals surface area (Å²) in [6, 6.07) is 68.4. The molecule has 2 N–H and O–H groups in total. The number of aliphatic imine (C=N–C) groups is 2. The first kappa shape index (κ1) is 38.5. The van der Waals surface area contributed by atoms with Crippen LogP contribution in [0, 0.1) is 0 Å². The molecule has 0 amide bonds. The quantitative estimate of drug-likeness (QED) is 0.122. The number of furan rings is 1. The lowest BCUT2D eigenvalue weighted by Crippen LogP contribution is -2.17. The largest absolute Gasteiger partial charge is 0.456 e. The molecule has 0 saturated heterocycles. The third-order valence-corrected chi connectivity index (χ3v) is 13.1. The van der Waals surface area contributed by atoms with Gasteiger partial charge in [-0.05, 0) is 109 Å². The molecule has 0 fully saturated rings. The van der Waals surface area contributed by atoms with Gasteiger partial charge in [0.25, 0.3) is 0 Å². The molecule has 1 aliphatic carbocycles. The van der Waals surface area contributed by atoms with E-state index in [2.05, 4.69) is 168 Å². The van der Waals surface area contributed by atoms with E-state index >= 15 is 0 Å². The van der Waals surface area contributed by atoms with Gasteiger partial charge in [0.05, 0.1) is 22.6 Å². The first-order valence-corrected chi connectivity index (χ1v) is 22.5. The Hall–Kier alpha value is -8.22. The molecule has 1 unspecified atom stereocenters. The van der Waals surface area contributed by atoms with Crippen molar-refractivity contribution in [3.05, 3.63) is 234 Å². The predicted molar refractivity (Wildman–Crippen MR) is 270 cm³/mol. The zero-order chi connectivity index (χ0) is 43.4. The van der Waals surface area contributed by atoms with Gasteiger partial charge in [-0.15, -0.1) is 0 Å². The predicted octanol–water partition coefficient (Wildman–Crippen LogP) is 14.3. The molecule has 11 aromatic rings. The van der Waals surface area contributed by atoms with E-state index in [1.54, 1.807) is 0 Å². The summed E-state index contributed by atoms with van der Waals surface area (Å²) in [5.74, 6) is 1.05. The van der Waals surface area contributed by atoms with Crippen LogP contribution in [0.1, 0.15) is 59.3 Å². The Balaban J connectivity index is 0.953. The van der Waals surface area contributed by atoms with Crippen LogP contribution in [0.15, 0.2) is 215 Å². The fourth-order valence-electron chi connectivity index (χ4n) is 10.1. The summed E-state index contributed by atoms with van der Waals surface area (Å²) < 4.78 is 11.1. The normalized spacial score (nSPS) is 13.8. The summed E-state index contributed by atoms with van der Waals surface area (Å²) in [5, 5.41) is 5.95. The molecule has 0 saturated carbocycles. The van der Waals surface area contributed by atoms with Crippen molar-refractivity contribution in [3.63, 3.8) is 0 Å². The van der Waals surface area contributed by atoms with Crippen molar-refractivity contribution in [1.82, 2.24) is 9.13 Å². The Morgan fingerprint density at radius 2 is 1.22 bits per heavy atom. The number of amidine groups is 2. The molecule has 6 heteroatoms. The van der Waals surface area contributed by atoms with E-state index in [9.17, 15) is 0 Å². The zero-order valence-electron chi connectivity index (χ0n) is 36.0. The highest BCUT2D eigenvalue weighted by Crippen LogP contribution is 2.43. The number of allylic oxidation sites excluding steroid dienone is 1. The Kier molecular flexibility index (Phi) is 9.37. The number of nitrogens with zero attached hydrogens (tertiary/aromatic N) is 4. The Labute approximate surface area is 376 Å². The van der Waals surface area contributed by atoms with E-state index in [1.165, 1.54) is 55.1 Å². The minimum absolute atomic E-state index is 0.0631. The van der Waals surface area contributed by atoms with Gasteiger partial charge in [-0.1, -0.05) is 134 Å². The zero-order valence-corrected chi connectivity index (χ0v) is 36.0. The van der Waals surface area contributed by atoms with Gasteiger partial charge in [0.1, 0.15) is 17.0 Å². The summed E-state index contributed by atoms with van der Waals surface area (Å²) in [6.07, 6.45) is 5.15. The maximum absolute atomic E-state index is 6.67. The topological polar surface area (TPSA) is 73.7 Å². The van der Waals surface area contributed by atoms with Crippen LogP contribution in [0.25, 0.3) is 71.6 Å². The van der Waals surface area contributed by atoms with Crippen molar-refractivity contribution in [3.8, 4) is 11.4 Å². The van der Waals surface area contributed by atoms with Crippen LogP contribution in [-0.4, -0.2) is 20.8 Å². The highest BCUT2D eigenvalue weighted by Gasteiger charge is 2.25. The van der Waals surface area contributed by atoms with Crippen LogP contribution in [0.5, 0.6) is 0 Å². The second-order valence-corrected chi connectivity index (χ2v) is 16.9. The number of aromatic nitrogens is 2. The number of hydrogen-bond acceptors (Lipinski definition) is 2. The summed E-state index contributed by atoms with van der Waals surface area (Å²) in [6.45, 7) is 2.16. The number of rotatable bonds is 8. The fourth-order valence-corrected chi connectivity index (χ4v) is 10.1. The van der Waals surface area contributed by atoms with E-state index in [4.69, 9.17) is 20.1 Å². The molecule has 8 aromatic carbocycles. The number of para-hydroxylation sites is 3. The summed E-state index contributed by atoms with van der Waals surface area (Å²) in [5.41, 5.74) is 22.3. The second kappa shape index (κ2) is 15.8. The van der Waals surface area contributed by atoms with E-state index in [1.807, 2.05) is 48.5 Å². The lowest BCUT2D eigenvalue weighted by molar-refractivity contribution is 0.669. The highest BCUT2D eigenvalue weighted by atomic mass is 16.3. The molecular weight excluding hydrogens is 795 g/mol. The van der Waals surface area contributed by atoms with Gasteiger partial charge in [0.15, 0.2) is 5.84 Å². The molecule has 3 aromatic heterocycles. The SMILES string of the molecule is CCC(N=C(N=C(N)c1ccccc1)c1ccc(-n2c3c(c4ccccc42)C(c2ccc4c(c2)c2ccccc2n4-c2ccc4oc5ccccc5c4c2)=CCC3)cc1)c1ccccc1. The highest BCUT2D eigenvalue weighted by molar-refractivity contribution is 6.13. The Morgan fingerprint density at radius 3 is 2.00 bits per heavy atom. The van der Waals surface area contributed by atoms with Crippen molar-refractivity contribution in [2.75, 3.05) is 0 Å². The average Bonchev–Trinajstić information content (AvgIpc) is 4.03. The standard InChI is InChI=1S/C59H45N5O/c1-2-50(38-16-5-3-6-17-38)61-59(62-58(60)39-18-7-4-8-19-39)40-28-31-42(32-29-40)63-52-25-13-10-22-47(52)57-44(23-15-26-54(57)63)41-30-34-53-48(36-41)45-20-9-12-24-51(45)64(53)43-33-35-56-49(37-43)46-21-11-14-27-55(46)65-56/h3-14,16-25,27-37,50H,2,15,26H2,1H3,(H2,60,61,62). The summed E-state index contributed by atoms with van der Waals surface area (Å²) in [4.78, 5) is 10.3. The summed E-state index contributed by atoms with van der Waals surface area (Å²) >= 11 is 0. The number of fused-ring (bicyclic) bond motifs is 9. The van der Waals surface area contributed by atoms with Crippen molar-refractivity contribution >= 4 is 71.9 Å². The van der Waals surface area contributed by atoms with Crippen LogP contribution in [0.3, 0.4) is 0 Å². The van der Waals surface area contributed by atoms with E-state index < -0.39 is 0 Å². The third kappa shape index (κ3) is 6.56. The van der Waals surface area contributed by atoms with Gasteiger partial charge < -0.3 is 19.3 Å². The van der Waals surface area contributed by atoms with Gasteiger partial charge in [0, 0.05) is 60.7 Å². The van der Waals surface area contributed by atoms with Gasteiger partial charge in [-0.25, -0.2) is 4.99 Å². The van der Waals surface area contributed by atoms with Crippen LogP contribution >= 0.6 is 0 Å². The van der Waals surface area contributed by atoms with Crippen LogP contribution in [0.4, 0.5) is 0 Å². The molecule has 0 radical (unpaired) electrons. The first-order chi connectivity index (χ1) is 32.1. The number of hydrogen-bond donors (Lipinski definition) is 1. The molecule has 312 valence electrons. The van der Waals surface area contributed by atoms with Crippen molar-refractivity contribution in [1.29, 1.82) is 0 Å². The molecule has 1 aliphatic rings. The van der Waals surface area contributed by atoms with Gasteiger partial charge in [0.2, 0.25) is 0 Å². The second-order valence-electron chi connectivity index (χ2n) is 16.9. The minimum atomic E-state index is -0.0631. The van der Waals surface area contributed by atoms with Crippen molar-refractivity contribution < 1.29 is 4.42 Å². The first-order valence-electron chi connectivity index (χ1n) is 22.5. The van der Waals surface area contributed by atoms with Gasteiger partial charge >= 0.3 is 0 Å². The minimum Gasteiger partial charge on any atom is -0.456 e. The Bertz CT molecular complexity index is 3700. The van der Waals surface area contributed by atoms with Crippen molar-refractivity contribution in [2.24, 2.45) is 15.7 Å². The van der Waals surface area contributed by atoms with Crippen LogP contribution in [-0.2, 0) is 6.42 Å². The van der Waals surface area contributed by atoms with E-state index in [0.717, 1.165) is 69.3 Å². The molecule has 65 heavy (non-hydrogen) atoms. The number of benzene rings is 8. The van der Waals surface area contributed by atoms with Crippen LogP contribution < -0.4 is 5.73 Å². The lowest BCUT2D eigenvalue weighted by Gasteiger charge is -2.19. The smallest absolute Gasteiger partial charge is 0.157 e. The Morgan fingerprint density at radius 1 is 0.569 bits per heavy atom. The van der Waals surface area contributed by atoms with Gasteiger partial charge in [-0.2, -0.15) is 0 Å². The lowest BCUT2D eigenvalue weighted by atomic mass is 9.88. The molecular formula is C59H45N5O. The molecule has 0 bridgehead atoms. The maximum Gasteiger partial charge on any atom is 0.157 e. The van der Waals surface area contributed by atoms with Gasteiger partial charge in [-0.3, -0.25) is 4.99 Å². The fraction of sp³-hybridized carbons (Fsp3) is 0.0847. The maximum atomic E-state index is 6.67. The molecule has 6 nitrogen and oxygen atoms in total. The summed E-state index contributed by atoms with van der Waals surface area (Å²) in [7, 11) is 0. The average molecular weight is 840 g/mol. The number of nitrogens with two attached hydrogens (primary N) is 1. The van der Waals surface area contributed by atoms with E-state index in [0.29, 0.717) is 11.7 Å². The molecule has 1 atom stereocenters. The molecule has 0 spiro atoms. The molecule has 0 aliphatic heterocycles. The third-order valence-electron chi connectivity index (χ3n) is 13.1.